The molecule has 0 aliphatic rings. The number of aliphatic hydroxyl groups is 1. The lowest BCUT2D eigenvalue weighted by Gasteiger charge is -2.06. The Labute approximate surface area is 109 Å². The van der Waals surface area contributed by atoms with Crippen LogP contribution in [0.4, 0.5) is 0 Å². The second-order valence-electron chi connectivity index (χ2n) is 3.93. The molecule has 4 nitrogen and oxygen atoms in total. The summed E-state index contributed by atoms with van der Waals surface area (Å²) in [6, 6.07) is 6.01. The molecule has 0 atom stereocenters. The molecule has 0 saturated heterocycles. The number of nitrogens with two attached hydrogens (primary N) is 1. The third-order valence-electron chi connectivity index (χ3n) is 2.72. The molecule has 1 aromatic carbocycles. The number of nitrogens with zero attached hydrogens (tertiary/aromatic N) is 2. The third kappa shape index (κ3) is 2.68. The Morgan fingerprint density at radius 3 is 2.94 bits per heavy atom. The fraction of sp³-hybridized carbons (Fsp3) is 0.417. The summed E-state index contributed by atoms with van der Waals surface area (Å²) in [4.78, 5) is 4.60. The Balaban J connectivity index is 2.45. The van der Waals surface area contributed by atoms with E-state index in [0.717, 1.165) is 34.2 Å². The Morgan fingerprint density at radius 1 is 1.41 bits per heavy atom. The molecule has 1 heterocycles. The minimum Gasteiger partial charge on any atom is -0.395 e. The number of benzene rings is 1. The first kappa shape index (κ1) is 12.5. The van der Waals surface area contributed by atoms with Crippen LogP contribution in [0.3, 0.4) is 0 Å². The number of imidazole rings is 1. The largest absolute Gasteiger partial charge is 0.395 e. The molecular weight excluding hydrogens is 282 g/mol. The van der Waals surface area contributed by atoms with Gasteiger partial charge >= 0.3 is 0 Å². The molecule has 2 rings (SSSR count). The number of aromatic nitrogens is 2. The van der Waals surface area contributed by atoms with Gasteiger partial charge in [-0.15, -0.1) is 0 Å². The smallest absolute Gasteiger partial charge is 0.109 e. The van der Waals surface area contributed by atoms with Gasteiger partial charge in [-0.2, -0.15) is 0 Å². The summed E-state index contributed by atoms with van der Waals surface area (Å²) in [5, 5.41) is 9.12. The van der Waals surface area contributed by atoms with E-state index in [4.69, 9.17) is 10.8 Å². The molecule has 17 heavy (non-hydrogen) atoms. The molecule has 0 amide bonds. The number of aryl methyl sites for hydroxylation is 1. The van der Waals surface area contributed by atoms with Crippen LogP contribution in [0.1, 0.15) is 12.2 Å². The van der Waals surface area contributed by atoms with E-state index in [1.165, 1.54) is 0 Å². The van der Waals surface area contributed by atoms with Crippen molar-refractivity contribution in [1.82, 2.24) is 9.55 Å². The molecule has 0 aliphatic heterocycles. The molecule has 1 aromatic heterocycles. The number of hydrogen-bond donors (Lipinski definition) is 2. The van der Waals surface area contributed by atoms with E-state index in [1.54, 1.807) is 0 Å². The van der Waals surface area contributed by atoms with Gasteiger partial charge in [-0.1, -0.05) is 15.9 Å². The number of fused-ring (bicyclic) bond motifs is 1. The average Bonchev–Trinajstić information content (AvgIpc) is 2.64. The van der Waals surface area contributed by atoms with Crippen LogP contribution in [0.2, 0.25) is 0 Å². The van der Waals surface area contributed by atoms with Crippen LogP contribution >= 0.6 is 15.9 Å². The van der Waals surface area contributed by atoms with Gasteiger partial charge < -0.3 is 15.4 Å². The maximum absolute atomic E-state index is 9.12. The van der Waals surface area contributed by atoms with Gasteiger partial charge in [0.1, 0.15) is 5.82 Å². The van der Waals surface area contributed by atoms with E-state index in [9.17, 15) is 0 Å². The number of rotatable bonds is 5. The number of aliphatic hydroxyl groups excluding tert-OH is 1. The average molecular weight is 298 g/mol. The van der Waals surface area contributed by atoms with E-state index < -0.39 is 0 Å². The van der Waals surface area contributed by atoms with Crippen LogP contribution in [0.15, 0.2) is 22.7 Å². The number of halogens is 1. The quantitative estimate of drug-likeness (QED) is 0.883. The van der Waals surface area contributed by atoms with Crippen molar-refractivity contribution in [3.8, 4) is 0 Å². The van der Waals surface area contributed by atoms with E-state index in [2.05, 4.69) is 25.5 Å². The summed E-state index contributed by atoms with van der Waals surface area (Å²) >= 11 is 3.44. The molecule has 92 valence electrons. The van der Waals surface area contributed by atoms with E-state index in [-0.39, 0.29) is 6.61 Å². The zero-order chi connectivity index (χ0) is 12.3. The van der Waals surface area contributed by atoms with E-state index >= 15 is 0 Å². The SMILES string of the molecule is NCCCc1nc2cc(Br)ccc2n1CCO. The molecule has 0 bridgehead atoms. The fourth-order valence-corrected chi connectivity index (χ4v) is 2.30. The first-order chi connectivity index (χ1) is 8.26. The Morgan fingerprint density at radius 2 is 2.24 bits per heavy atom. The van der Waals surface area contributed by atoms with Crippen LogP contribution in [0.25, 0.3) is 11.0 Å². The zero-order valence-corrected chi connectivity index (χ0v) is 11.2. The third-order valence-corrected chi connectivity index (χ3v) is 3.21. The van der Waals surface area contributed by atoms with Crippen molar-refractivity contribution in [2.45, 2.75) is 19.4 Å². The zero-order valence-electron chi connectivity index (χ0n) is 9.56. The minimum absolute atomic E-state index is 0.122. The van der Waals surface area contributed by atoms with E-state index in [0.29, 0.717) is 13.1 Å². The predicted octanol–water partition coefficient (Wildman–Crippen LogP) is 1.68. The first-order valence-electron chi connectivity index (χ1n) is 5.72. The molecule has 5 heteroatoms. The van der Waals surface area contributed by atoms with Crippen LogP contribution in [-0.2, 0) is 13.0 Å². The summed E-state index contributed by atoms with van der Waals surface area (Å²) in [5.41, 5.74) is 7.55. The normalized spacial score (nSPS) is 11.2. The topological polar surface area (TPSA) is 64.1 Å². The van der Waals surface area contributed by atoms with Crippen LogP contribution < -0.4 is 5.73 Å². The molecule has 0 radical (unpaired) electrons. The fourth-order valence-electron chi connectivity index (χ4n) is 1.95. The Bertz CT molecular complexity index is 510. The van der Waals surface area contributed by atoms with Gasteiger partial charge in [0.05, 0.1) is 17.6 Å². The highest BCUT2D eigenvalue weighted by Gasteiger charge is 2.09. The molecular formula is C12H16BrN3O. The summed E-state index contributed by atoms with van der Waals surface area (Å²) in [5.74, 6) is 0.998. The number of hydrogen-bond acceptors (Lipinski definition) is 3. The van der Waals surface area contributed by atoms with Crippen molar-refractivity contribution >= 4 is 27.0 Å². The van der Waals surface area contributed by atoms with Crippen molar-refractivity contribution < 1.29 is 5.11 Å². The predicted molar refractivity (Wildman–Crippen MR) is 71.9 cm³/mol. The highest BCUT2D eigenvalue weighted by molar-refractivity contribution is 9.10. The molecule has 3 N–H and O–H groups in total. The molecule has 0 saturated carbocycles. The van der Waals surface area contributed by atoms with Crippen LogP contribution in [0, 0.1) is 0 Å². The van der Waals surface area contributed by atoms with Gasteiger partial charge in [0, 0.05) is 17.4 Å². The van der Waals surface area contributed by atoms with Crippen molar-refractivity contribution in [3.63, 3.8) is 0 Å². The molecule has 2 aromatic rings. The molecule has 0 unspecified atom stereocenters. The summed E-state index contributed by atoms with van der Waals surface area (Å²) < 4.78 is 3.08. The first-order valence-corrected chi connectivity index (χ1v) is 6.51. The second-order valence-corrected chi connectivity index (χ2v) is 4.84. The lowest BCUT2D eigenvalue weighted by Crippen LogP contribution is -2.09. The maximum atomic E-state index is 9.12. The lowest BCUT2D eigenvalue weighted by atomic mass is 10.3. The minimum atomic E-state index is 0.122. The maximum Gasteiger partial charge on any atom is 0.109 e. The standard InChI is InChI=1S/C12H16BrN3O/c13-9-3-4-11-10(8-9)15-12(2-1-5-14)16(11)6-7-17/h3-4,8,17H,1-2,5-7,14H2. The van der Waals surface area contributed by atoms with Crippen molar-refractivity contribution in [1.29, 1.82) is 0 Å². The molecule has 0 spiro atoms. The summed E-state index contributed by atoms with van der Waals surface area (Å²) in [6.07, 6.45) is 1.76. The highest BCUT2D eigenvalue weighted by Crippen LogP contribution is 2.21. The van der Waals surface area contributed by atoms with Crippen molar-refractivity contribution in [3.05, 3.63) is 28.5 Å². The van der Waals surface area contributed by atoms with Crippen molar-refractivity contribution in [2.75, 3.05) is 13.2 Å². The van der Waals surface area contributed by atoms with Gasteiger partial charge in [-0.3, -0.25) is 0 Å². The lowest BCUT2D eigenvalue weighted by molar-refractivity contribution is 0.276. The van der Waals surface area contributed by atoms with Gasteiger partial charge in [0.2, 0.25) is 0 Å². The van der Waals surface area contributed by atoms with Crippen LogP contribution in [0.5, 0.6) is 0 Å². The second kappa shape index (κ2) is 5.62. The van der Waals surface area contributed by atoms with Gasteiger partial charge in [-0.05, 0) is 31.2 Å². The summed E-state index contributed by atoms with van der Waals surface area (Å²) in [6.45, 7) is 1.36. The van der Waals surface area contributed by atoms with Gasteiger partial charge in [-0.25, -0.2) is 4.98 Å². The van der Waals surface area contributed by atoms with E-state index in [1.807, 2.05) is 18.2 Å². The monoisotopic (exact) mass is 297 g/mol. The Kier molecular flexibility index (Phi) is 4.15. The van der Waals surface area contributed by atoms with Crippen molar-refractivity contribution in [2.24, 2.45) is 5.73 Å². The highest BCUT2D eigenvalue weighted by atomic mass is 79.9. The van der Waals surface area contributed by atoms with Gasteiger partial charge in [0.15, 0.2) is 0 Å². The van der Waals surface area contributed by atoms with Crippen LogP contribution in [-0.4, -0.2) is 27.8 Å². The summed E-state index contributed by atoms with van der Waals surface area (Å²) in [7, 11) is 0. The Hall–Kier alpha value is -0.910. The molecule has 0 aliphatic carbocycles. The molecule has 0 fully saturated rings. The van der Waals surface area contributed by atoms with Gasteiger partial charge in [0.25, 0.3) is 0 Å².